The van der Waals surface area contributed by atoms with Crippen molar-refractivity contribution >= 4 is 21.6 Å². The van der Waals surface area contributed by atoms with Crippen molar-refractivity contribution < 1.29 is 0 Å². The van der Waals surface area contributed by atoms with Crippen LogP contribution in [-0.4, -0.2) is 6.04 Å². The Balaban J connectivity index is 2.07. The number of halogens is 1. The summed E-state index contributed by atoms with van der Waals surface area (Å²) in [6.07, 6.45) is 4.17. The molecule has 2 rings (SSSR count). The quantitative estimate of drug-likeness (QED) is 0.846. The molecule has 0 saturated heterocycles. The summed E-state index contributed by atoms with van der Waals surface area (Å²) >= 11 is 3.65. The van der Waals surface area contributed by atoms with E-state index in [0.29, 0.717) is 6.04 Å². The van der Waals surface area contributed by atoms with Gasteiger partial charge in [0.05, 0.1) is 5.69 Å². The van der Waals surface area contributed by atoms with Gasteiger partial charge in [-0.2, -0.15) is 0 Å². The molecule has 1 unspecified atom stereocenters. The number of nitrogens with one attached hydrogen (secondary N) is 1. The lowest BCUT2D eigenvalue weighted by atomic mass is 10.1. The summed E-state index contributed by atoms with van der Waals surface area (Å²) < 4.78 is 1.19. The summed E-state index contributed by atoms with van der Waals surface area (Å²) in [5.74, 6) is 0.979. The van der Waals surface area contributed by atoms with E-state index in [1.807, 2.05) is 0 Å². The van der Waals surface area contributed by atoms with Crippen LogP contribution in [-0.2, 0) is 0 Å². The third kappa shape index (κ3) is 3.00. The van der Waals surface area contributed by atoms with Crippen molar-refractivity contribution in [2.24, 2.45) is 5.92 Å². The third-order valence-corrected chi connectivity index (χ3v) is 3.83. The van der Waals surface area contributed by atoms with E-state index >= 15 is 0 Å². The lowest BCUT2D eigenvalue weighted by Crippen LogP contribution is -2.16. The van der Waals surface area contributed by atoms with Gasteiger partial charge in [-0.25, -0.2) is 0 Å². The smallest absolute Gasteiger partial charge is 0.0516 e. The van der Waals surface area contributed by atoms with Crippen LogP contribution in [0.1, 0.15) is 37.3 Å². The second-order valence-electron chi connectivity index (χ2n) is 5.16. The van der Waals surface area contributed by atoms with Crippen molar-refractivity contribution in [2.75, 3.05) is 5.32 Å². The van der Waals surface area contributed by atoms with Gasteiger partial charge in [0.15, 0.2) is 0 Å². The van der Waals surface area contributed by atoms with Crippen molar-refractivity contribution in [3.8, 4) is 0 Å². The van der Waals surface area contributed by atoms with Gasteiger partial charge in [0, 0.05) is 10.5 Å². The molecule has 88 valence electrons. The molecular formula is C14H20BrN. The average molecular weight is 282 g/mol. The van der Waals surface area contributed by atoms with Crippen LogP contribution in [0, 0.1) is 19.8 Å². The van der Waals surface area contributed by atoms with Gasteiger partial charge in [0.2, 0.25) is 0 Å². The van der Waals surface area contributed by atoms with Crippen LogP contribution < -0.4 is 5.32 Å². The second kappa shape index (κ2) is 4.79. The Morgan fingerprint density at radius 3 is 2.62 bits per heavy atom. The topological polar surface area (TPSA) is 12.0 Å². The van der Waals surface area contributed by atoms with Crippen molar-refractivity contribution in [3.63, 3.8) is 0 Å². The molecule has 0 amide bonds. The normalized spacial score (nSPS) is 17.2. The minimum Gasteiger partial charge on any atom is -0.381 e. The highest BCUT2D eigenvalue weighted by Gasteiger charge is 2.23. The minimum atomic E-state index is 0.574. The van der Waals surface area contributed by atoms with Gasteiger partial charge in [0.1, 0.15) is 0 Å². The van der Waals surface area contributed by atoms with Crippen LogP contribution >= 0.6 is 15.9 Å². The highest BCUT2D eigenvalue weighted by Crippen LogP contribution is 2.35. The van der Waals surface area contributed by atoms with Crippen molar-refractivity contribution in [2.45, 2.75) is 46.1 Å². The number of anilines is 1. The van der Waals surface area contributed by atoms with Crippen molar-refractivity contribution in [1.82, 2.24) is 0 Å². The number of hydrogen-bond acceptors (Lipinski definition) is 1. The second-order valence-corrected chi connectivity index (χ2v) is 6.02. The first-order chi connectivity index (χ1) is 7.56. The molecule has 0 heterocycles. The molecule has 0 radical (unpaired) electrons. The molecule has 1 aromatic rings. The van der Waals surface area contributed by atoms with Crippen molar-refractivity contribution in [1.29, 1.82) is 0 Å². The van der Waals surface area contributed by atoms with Gasteiger partial charge in [-0.3, -0.25) is 0 Å². The molecular weight excluding hydrogens is 262 g/mol. The van der Waals surface area contributed by atoms with E-state index in [-0.39, 0.29) is 0 Å². The van der Waals surface area contributed by atoms with Gasteiger partial charge in [-0.1, -0.05) is 18.9 Å². The van der Waals surface area contributed by atoms with Gasteiger partial charge < -0.3 is 5.32 Å². The molecule has 0 aromatic heterocycles. The highest BCUT2D eigenvalue weighted by molar-refractivity contribution is 9.10. The molecule has 1 nitrogen and oxygen atoms in total. The van der Waals surface area contributed by atoms with E-state index in [1.165, 1.54) is 40.5 Å². The van der Waals surface area contributed by atoms with Crippen molar-refractivity contribution in [3.05, 3.63) is 27.7 Å². The zero-order chi connectivity index (χ0) is 11.7. The summed E-state index contributed by atoms with van der Waals surface area (Å²) in [7, 11) is 0. The van der Waals surface area contributed by atoms with Gasteiger partial charge in [-0.05, 0) is 66.2 Å². The molecule has 1 aromatic carbocycles. The largest absolute Gasteiger partial charge is 0.381 e. The number of benzene rings is 1. The molecule has 1 atom stereocenters. The fraction of sp³-hybridized carbons (Fsp3) is 0.571. The maximum absolute atomic E-state index is 3.65. The Labute approximate surface area is 107 Å². The summed E-state index contributed by atoms with van der Waals surface area (Å²) in [6, 6.07) is 4.99. The maximum Gasteiger partial charge on any atom is 0.0516 e. The summed E-state index contributed by atoms with van der Waals surface area (Å²) in [6.45, 7) is 6.59. The Bertz CT molecular complexity index is 359. The third-order valence-electron chi connectivity index (χ3n) is 3.21. The summed E-state index contributed by atoms with van der Waals surface area (Å²) in [5.41, 5.74) is 3.90. The van der Waals surface area contributed by atoms with Crippen LogP contribution in [0.2, 0.25) is 0 Å². The average Bonchev–Trinajstić information content (AvgIpc) is 2.95. The van der Waals surface area contributed by atoms with E-state index in [0.717, 1.165) is 5.92 Å². The van der Waals surface area contributed by atoms with Crippen LogP contribution in [0.4, 0.5) is 5.69 Å². The van der Waals surface area contributed by atoms with Gasteiger partial charge >= 0.3 is 0 Å². The number of hydrogen-bond donors (Lipinski definition) is 1. The Hall–Kier alpha value is -0.500. The van der Waals surface area contributed by atoms with Crippen LogP contribution in [0.3, 0.4) is 0 Å². The predicted molar refractivity (Wildman–Crippen MR) is 74.0 cm³/mol. The Morgan fingerprint density at radius 2 is 2.06 bits per heavy atom. The first-order valence-corrected chi connectivity index (χ1v) is 6.89. The zero-order valence-corrected chi connectivity index (χ0v) is 11.9. The van der Waals surface area contributed by atoms with E-state index in [4.69, 9.17) is 0 Å². The molecule has 16 heavy (non-hydrogen) atoms. The molecule has 1 fully saturated rings. The molecule has 2 heteroatoms. The van der Waals surface area contributed by atoms with Gasteiger partial charge in [0.25, 0.3) is 0 Å². The standard InChI is InChI=1S/C14H20BrN/c1-9-6-10(2)14(13(15)7-9)16-11(3)8-12-4-5-12/h6-7,11-12,16H,4-5,8H2,1-3H3. The zero-order valence-electron chi connectivity index (χ0n) is 10.3. The fourth-order valence-electron chi connectivity index (χ4n) is 2.26. The molecule has 1 aliphatic rings. The number of rotatable bonds is 4. The maximum atomic E-state index is 3.65. The lowest BCUT2D eigenvalue weighted by molar-refractivity contribution is 0.641. The molecule has 0 bridgehead atoms. The predicted octanol–water partition coefficient (Wildman–Crippen LogP) is 4.67. The SMILES string of the molecule is Cc1cc(C)c(NC(C)CC2CC2)c(Br)c1. The first-order valence-electron chi connectivity index (χ1n) is 6.09. The molecule has 0 spiro atoms. The Kier molecular flexibility index (Phi) is 3.58. The minimum absolute atomic E-state index is 0.574. The van der Waals surface area contributed by atoms with E-state index in [2.05, 4.69) is 54.2 Å². The molecule has 1 N–H and O–H groups in total. The Morgan fingerprint density at radius 1 is 1.38 bits per heavy atom. The van der Waals surface area contributed by atoms with E-state index < -0.39 is 0 Å². The molecule has 1 saturated carbocycles. The molecule has 1 aliphatic carbocycles. The first kappa shape index (κ1) is 12.0. The lowest BCUT2D eigenvalue weighted by Gasteiger charge is -2.18. The number of aryl methyl sites for hydroxylation is 2. The van der Waals surface area contributed by atoms with E-state index in [1.54, 1.807) is 0 Å². The van der Waals surface area contributed by atoms with Crippen LogP contribution in [0.15, 0.2) is 16.6 Å². The molecule has 0 aliphatic heterocycles. The monoisotopic (exact) mass is 281 g/mol. The summed E-state index contributed by atoms with van der Waals surface area (Å²) in [5, 5.41) is 3.63. The van der Waals surface area contributed by atoms with E-state index in [9.17, 15) is 0 Å². The van der Waals surface area contributed by atoms with Gasteiger partial charge in [-0.15, -0.1) is 0 Å². The van der Waals surface area contributed by atoms with Crippen LogP contribution in [0.5, 0.6) is 0 Å². The highest BCUT2D eigenvalue weighted by atomic mass is 79.9. The van der Waals surface area contributed by atoms with Crippen LogP contribution in [0.25, 0.3) is 0 Å². The fourth-order valence-corrected chi connectivity index (χ4v) is 3.05. The summed E-state index contributed by atoms with van der Waals surface area (Å²) in [4.78, 5) is 0.